The molecule has 0 radical (unpaired) electrons. The SMILES string of the molecule is O=C1CO[C@H]2CN(Cc3ncc[nH]3)C[C@H]2N1CC1CC1. The van der Waals surface area contributed by atoms with Gasteiger partial charge in [-0.3, -0.25) is 9.69 Å². The van der Waals surface area contributed by atoms with Crippen LogP contribution in [0.15, 0.2) is 12.4 Å². The molecule has 2 saturated heterocycles. The van der Waals surface area contributed by atoms with E-state index in [0.29, 0.717) is 0 Å². The fourth-order valence-electron chi connectivity index (χ4n) is 3.28. The van der Waals surface area contributed by atoms with Gasteiger partial charge in [-0.05, 0) is 18.8 Å². The number of aromatic nitrogens is 2. The number of fused-ring (bicyclic) bond motifs is 1. The highest BCUT2D eigenvalue weighted by molar-refractivity contribution is 5.78. The van der Waals surface area contributed by atoms with Crippen LogP contribution in [-0.4, -0.2) is 64.1 Å². The van der Waals surface area contributed by atoms with Crippen LogP contribution in [0, 0.1) is 5.92 Å². The van der Waals surface area contributed by atoms with Crippen molar-refractivity contribution in [2.45, 2.75) is 31.5 Å². The Morgan fingerprint density at radius 1 is 1.40 bits per heavy atom. The molecule has 4 rings (SSSR count). The number of aromatic amines is 1. The number of ether oxygens (including phenoxy) is 1. The Morgan fingerprint density at radius 2 is 2.30 bits per heavy atom. The first kappa shape index (κ1) is 12.3. The molecule has 2 aliphatic heterocycles. The van der Waals surface area contributed by atoms with E-state index < -0.39 is 0 Å². The summed E-state index contributed by atoms with van der Waals surface area (Å²) in [6.45, 7) is 3.76. The summed E-state index contributed by atoms with van der Waals surface area (Å²) in [4.78, 5) is 23.9. The first-order chi connectivity index (χ1) is 9.79. The van der Waals surface area contributed by atoms with Gasteiger partial charge in [0.2, 0.25) is 5.91 Å². The molecule has 3 aliphatic rings. The Morgan fingerprint density at radius 3 is 3.05 bits per heavy atom. The van der Waals surface area contributed by atoms with Crippen molar-refractivity contribution < 1.29 is 9.53 Å². The van der Waals surface area contributed by atoms with Crippen molar-refractivity contribution >= 4 is 5.91 Å². The fourth-order valence-corrected chi connectivity index (χ4v) is 3.28. The monoisotopic (exact) mass is 276 g/mol. The number of rotatable bonds is 4. The third-order valence-corrected chi connectivity index (χ3v) is 4.53. The summed E-state index contributed by atoms with van der Waals surface area (Å²) < 4.78 is 5.73. The molecule has 0 spiro atoms. The van der Waals surface area contributed by atoms with Crippen molar-refractivity contribution in [1.29, 1.82) is 0 Å². The van der Waals surface area contributed by atoms with E-state index in [2.05, 4.69) is 19.8 Å². The minimum absolute atomic E-state index is 0.165. The minimum atomic E-state index is 0.165. The van der Waals surface area contributed by atoms with Crippen molar-refractivity contribution in [3.05, 3.63) is 18.2 Å². The Hall–Kier alpha value is -1.40. The molecule has 6 heteroatoms. The van der Waals surface area contributed by atoms with Crippen molar-refractivity contribution in [3.63, 3.8) is 0 Å². The van der Waals surface area contributed by atoms with Gasteiger partial charge in [-0.2, -0.15) is 0 Å². The van der Waals surface area contributed by atoms with Gasteiger partial charge in [-0.25, -0.2) is 4.98 Å². The van der Waals surface area contributed by atoms with Crippen LogP contribution in [-0.2, 0) is 16.1 Å². The van der Waals surface area contributed by atoms with Gasteiger partial charge in [0.15, 0.2) is 0 Å². The van der Waals surface area contributed by atoms with Crippen LogP contribution in [0.3, 0.4) is 0 Å². The second kappa shape index (κ2) is 4.86. The Labute approximate surface area is 118 Å². The number of nitrogens with zero attached hydrogens (tertiary/aromatic N) is 3. The number of hydrogen-bond acceptors (Lipinski definition) is 4. The van der Waals surface area contributed by atoms with Crippen LogP contribution in [0.5, 0.6) is 0 Å². The van der Waals surface area contributed by atoms with Gasteiger partial charge in [-0.1, -0.05) is 0 Å². The lowest BCUT2D eigenvalue weighted by atomic mass is 10.1. The summed E-state index contributed by atoms with van der Waals surface area (Å²) in [6, 6.07) is 0.229. The third kappa shape index (κ3) is 2.33. The maximum Gasteiger partial charge on any atom is 0.248 e. The zero-order chi connectivity index (χ0) is 13.5. The highest BCUT2D eigenvalue weighted by atomic mass is 16.5. The van der Waals surface area contributed by atoms with Crippen LogP contribution < -0.4 is 0 Å². The normalized spacial score (nSPS) is 30.8. The van der Waals surface area contributed by atoms with E-state index in [4.69, 9.17) is 4.74 Å². The quantitative estimate of drug-likeness (QED) is 0.855. The van der Waals surface area contributed by atoms with Crippen molar-refractivity contribution in [1.82, 2.24) is 19.8 Å². The van der Waals surface area contributed by atoms with Gasteiger partial charge in [0, 0.05) is 32.0 Å². The van der Waals surface area contributed by atoms with E-state index >= 15 is 0 Å². The van der Waals surface area contributed by atoms with Crippen molar-refractivity contribution in [2.24, 2.45) is 5.92 Å². The molecule has 1 aromatic rings. The minimum Gasteiger partial charge on any atom is -0.365 e. The average molecular weight is 276 g/mol. The summed E-state index contributed by atoms with van der Waals surface area (Å²) in [5, 5.41) is 0. The lowest BCUT2D eigenvalue weighted by Gasteiger charge is -2.36. The number of morpholine rings is 1. The first-order valence-corrected chi connectivity index (χ1v) is 7.41. The van der Waals surface area contributed by atoms with E-state index in [1.807, 2.05) is 6.20 Å². The number of likely N-dealkylation sites (tertiary alicyclic amines) is 1. The second-order valence-corrected chi connectivity index (χ2v) is 6.14. The molecule has 0 bridgehead atoms. The summed E-state index contributed by atoms with van der Waals surface area (Å²) in [7, 11) is 0. The molecule has 0 unspecified atom stereocenters. The number of nitrogens with one attached hydrogen (secondary N) is 1. The predicted octanol–water partition coefficient (Wildman–Crippen LogP) is 0.231. The molecule has 1 aromatic heterocycles. The molecule has 0 aromatic carbocycles. The summed E-state index contributed by atoms with van der Waals surface area (Å²) in [6.07, 6.45) is 6.34. The largest absolute Gasteiger partial charge is 0.365 e. The third-order valence-electron chi connectivity index (χ3n) is 4.53. The van der Waals surface area contributed by atoms with Gasteiger partial charge in [0.05, 0.1) is 18.7 Å². The molecule has 1 saturated carbocycles. The lowest BCUT2D eigenvalue weighted by Crippen LogP contribution is -2.54. The van der Waals surface area contributed by atoms with Gasteiger partial charge in [0.25, 0.3) is 0 Å². The molecule has 1 amide bonds. The molecule has 1 aliphatic carbocycles. The number of carbonyl (C=O) groups excluding carboxylic acids is 1. The van der Waals surface area contributed by atoms with Gasteiger partial charge >= 0.3 is 0 Å². The van der Waals surface area contributed by atoms with Crippen molar-refractivity contribution in [3.8, 4) is 0 Å². The molecular formula is C14H20N4O2. The van der Waals surface area contributed by atoms with Crippen LogP contribution in [0.4, 0.5) is 0 Å². The summed E-state index contributed by atoms with van der Waals surface area (Å²) in [5.74, 6) is 1.87. The predicted molar refractivity (Wildman–Crippen MR) is 71.8 cm³/mol. The van der Waals surface area contributed by atoms with E-state index in [1.165, 1.54) is 12.8 Å². The number of amides is 1. The molecule has 3 fully saturated rings. The maximum atomic E-state index is 12.1. The number of carbonyl (C=O) groups is 1. The van der Waals surface area contributed by atoms with Gasteiger partial charge < -0.3 is 14.6 Å². The number of imidazole rings is 1. The fraction of sp³-hybridized carbons (Fsp3) is 0.714. The maximum absolute atomic E-state index is 12.1. The lowest BCUT2D eigenvalue weighted by molar-refractivity contribution is -0.153. The van der Waals surface area contributed by atoms with Crippen LogP contribution in [0.2, 0.25) is 0 Å². The Kier molecular flexibility index (Phi) is 3.00. The molecule has 2 atom stereocenters. The van der Waals surface area contributed by atoms with Crippen LogP contribution in [0.1, 0.15) is 18.7 Å². The number of H-pyrrole nitrogens is 1. The molecule has 108 valence electrons. The summed E-state index contributed by atoms with van der Waals surface area (Å²) >= 11 is 0. The number of hydrogen-bond donors (Lipinski definition) is 1. The topological polar surface area (TPSA) is 61.5 Å². The van der Waals surface area contributed by atoms with E-state index in [-0.39, 0.29) is 24.7 Å². The average Bonchev–Trinajstić information content (AvgIpc) is 2.95. The first-order valence-electron chi connectivity index (χ1n) is 7.41. The van der Waals surface area contributed by atoms with Crippen LogP contribution in [0.25, 0.3) is 0 Å². The molecule has 1 N–H and O–H groups in total. The van der Waals surface area contributed by atoms with Crippen molar-refractivity contribution in [2.75, 3.05) is 26.2 Å². The van der Waals surface area contributed by atoms with E-state index in [0.717, 1.165) is 37.9 Å². The smallest absolute Gasteiger partial charge is 0.248 e. The highest BCUT2D eigenvalue weighted by Crippen LogP contribution is 2.33. The van der Waals surface area contributed by atoms with Gasteiger partial charge in [-0.15, -0.1) is 0 Å². The molecule has 6 nitrogen and oxygen atoms in total. The standard InChI is InChI=1S/C14H20N4O2/c19-14-9-20-12-7-17(8-13-15-3-4-16-13)6-11(12)18(14)5-10-1-2-10/h3-4,10-12H,1-2,5-9H2,(H,15,16)/t11-,12+/m1/s1. The van der Waals surface area contributed by atoms with Gasteiger partial charge in [0.1, 0.15) is 12.4 Å². The van der Waals surface area contributed by atoms with E-state index in [9.17, 15) is 4.79 Å². The zero-order valence-electron chi connectivity index (χ0n) is 11.5. The molecule has 3 heterocycles. The highest BCUT2D eigenvalue weighted by Gasteiger charge is 2.44. The molecule has 20 heavy (non-hydrogen) atoms. The Balaban J connectivity index is 1.44. The van der Waals surface area contributed by atoms with Crippen LogP contribution >= 0.6 is 0 Å². The Bertz CT molecular complexity index is 485. The molecular weight excluding hydrogens is 256 g/mol. The zero-order valence-corrected chi connectivity index (χ0v) is 11.5. The van der Waals surface area contributed by atoms with E-state index in [1.54, 1.807) is 6.20 Å². The summed E-state index contributed by atoms with van der Waals surface area (Å²) in [5.41, 5.74) is 0. The second-order valence-electron chi connectivity index (χ2n) is 6.14.